The van der Waals surface area contributed by atoms with Crippen LogP contribution in [0.4, 0.5) is 0 Å². The molecular formula is C17H18BrNO2. The van der Waals surface area contributed by atoms with Crippen LogP contribution in [-0.4, -0.2) is 11.9 Å². The van der Waals surface area contributed by atoms with Crippen molar-refractivity contribution in [2.24, 2.45) is 0 Å². The zero-order valence-electron chi connectivity index (χ0n) is 12.1. The molecular weight excluding hydrogens is 330 g/mol. The zero-order valence-corrected chi connectivity index (χ0v) is 13.7. The molecule has 3 nitrogen and oxygen atoms in total. The van der Waals surface area contributed by atoms with Crippen LogP contribution in [0.25, 0.3) is 0 Å². The van der Waals surface area contributed by atoms with E-state index in [0.29, 0.717) is 17.9 Å². The van der Waals surface area contributed by atoms with Crippen molar-refractivity contribution in [2.45, 2.75) is 26.5 Å². The molecule has 4 heteroatoms. The maximum atomic E-state index is 12.2. The normalized spacial score (nSPS) is 10.5. The minimum absolute atomic E-state index is 0.0819. The van der Waals surface area contributed by atoms with E-state index in [2.05, 4.69) is 21.2 Å². The third-order valence-corrected chi connectivity index (χ3v) is 3.34. The smallest absolute Gasteiger partial charge is 0.255 e. The summed E-state index contributed by atoms with van der Waals surface area (Å²) in [4.78, 5) is 12.2. The molecule has 0 fully saturated rings. The van der Waals surface area contributed by atoms with Crippen molar-refractivity contribution in [1.82, 2.24) is 5.32 Å². The van der Waals surface area contributed by atoms with Crippen LogP contribution < -0.4 is 10.1 Å². The summed E-state index contributed by atoms with van der Waals surface area (Å²) in [5, 5.41) is 2.89. The van der Waals surface area contributed by atoms with Gasteiger partial charge in [0, 0.05) is 10.5 Å². The van der Waals surface area contributed by atoms with Crippen LogP contribution in [0.2, 0.25) is 0 Å². The van der Waals surface area contributed by atoms with Crippen molar-refractivity contribution >= 4 is 21.8 Å². The van der Waals surface area contributed by atoms with Gasteiger partial charge in [0.1, 0.15) is 12.4 Å². The Kier molecular flexibility index (Phi) is 5.39. The second-order valence-electron chi connectivity index (χ2n) is 5.04. The SMILES string of the molecule is CC(C)NC(=O)c1cc(Br)ccc1OCc1ccccc1. The van der Waals surface area contributed by atoms with Crippen LogP contribution in [-0.2, 0) is 6.61 Å². The molecule has 1 amide bonds. The first-order valence-electron chi connectivity index (χ1n) is 6.83. The van der Waals surface area contributed by atoms with Gasteiger partial charge in [0.25, 0.3) is 5.91 Å². The number of benzene rings is 2. The summed E-state index contributed by atoms with van der Waals surface area (Å²) in [5.74, 6) is 0.453. The Morgan fingerprint density at radius 2 is 1.90 bits per heavy atom. The Hall–Kier alpha value is -1.81. The fourth-order valence-electron chi connectivity index (χ4n) is 1.88. The molecule has 2 aromatic rings. The van der Waals surface area contributed by atoms with Gasteiger partial charge in [0.15, 0.2) is 0 Å². The van der Waals surface area contributed by atoms with Gasteiger partial charge in [-0.25, -0.2) is 0 Å². The number of hydrogen-bond acceptors (Lipinski definition) is 2. The predicted molar refractivity (Wildman–Crippen MR) is 87.5 cm³/mol. The van der Waals surface area contributed by atoms with Crippen molar-refractivity contribution < 1.29 is 9.53 Å². The highest BCUT2D eigenvalue weighted by molar-refractivity contribution is 9.10. The average Bonchev–Trinajstić information content (AvgIpc) is 2.46. The van der Waals surface area contributed by atoms with Crippen molar-refractivity contribution in [3.05, 3.63) is 64.1 Å². The van der Waals surface area contributed by atoms with Gasteiger partial charge in [-0.3, -0.25) is 4.79 Å². The zero-order chi connectivity index (χ0) is 15.2. The molecule has 21 heavy (non-hydrogen) atoms. The van der Waals surface area contributed by atoms with Gasteiger partial charge < -0.3 is 10.1 Å². The number of ether oxygens (including phenoxy) is 1. The third-order valence-electron chi connectivity index (χ3n) is 2.84. The first kappa shape index (κ1) is 15.6. The lowest BCUT2D eigenvalue weighted by atomic mass is 10.1. The second-order valence-corrected chi connectivity index (χ2v) is 5.96. The van der Waals surface area contributed by atoms with E-state index in [1.807, 2.05) is 56.3 Å². The fraction of sp³-hybridized carbons (Fsp3) is 0.235. The minimum atomic E-state index is -0.130. The number of amides is 1. The van der Waals surface area contributed by atoms with Crippen molar-refractivity contribution in [2.75, 3.05) is 0 Å². The average molecular weight is 348 g/mol. The maximum Gasteiger partial charge on any atom is 0.255 e. The lowest BCUT2D eigenvalue weighted by Gasteiger charge is -2.14. The molecule has 0 spiro atoms. The number of carbonyl (C=O) groups is 1. The second kappa shape index (κ2) is 7.27. The van der Waals surface area contributed by atoms with E-state index in [1.54, 1.807) is 6.07 Å². The summed E-state index contributed by atoms with van der Waals surface area (Å²) in [6.45, 7) is 4.30. The molecule has 0 radical (unpaired) electrons. The van der Waals surface area contributed by atoms with Crippen LogP contribution in [0.3, 0.4) is 0 Å². The first-order valence-corrected chi connectivity index (χ1v) is 7.62. The summed E-state index contributed by atoms with van der Waals surface area (Å²) in [6, 6.07) is 15.4. The highest BCUT2D eigenvalue weighted by Crippen LogP contribution is 2.24. The summed E-state index contributed by atoms with van der Waals surface area (Å²) in [6.07, 6.45) is 0. The van der Waals surface area contributed by atoms with Crippen LogP contribution in [0.1, 0.15) is 29.8 Å². The molecule has 0 aliphatic carbocycles. The number of nitrogens with one attached hydrogen (secondary N) is 1. The molecule has 1 N–H and O–H groups in total. The molecule has 2 aromatic carbocycles. The highest BCUT2D eigenvalue weighted by atomic mass is 79.9. The Bertz CT molecular complexity index is 611. The summed E-state index contributed by atoms with van der Waals surface area (Å²) >= 11 is 3.39. The molecule has 0 unspecified atom stereocenters. The molecule has 0 aromatic heterocycles. The fourth-order valence-corrected chi connectivity index (χ4v) is 2.24. The number of carbonyl (C=O) groups excluding carboxylic acids is 1. The first-order chi connectivity index (χ1) is 10.1. The molecule has 0 bridgehead atoms. The molecule has 0 heterocycles. The van der Waals surface area contributed by atoms with Gasteiger partial charge in [0.2, 0.25) is 0 Å². The van der Waals surface area contributed by atoms with Gasteiger partial charge in [-0.05, 0) is 37.6 Å². The van der Waals surface area contributed by atoms with E-state index < -0.39 is 0 Å². The standard InChI is InChI=1S/C17H18BrNO2/c1-12(2)19-17(20)15-10-14(18)8-9-16(15)21-11-13-6-4-3-5-7-13/h3-10,12H,11H2,1-2H3,(H,19,20). The monoisotopic (exact) mass is 347 g/mol. The van der Waals surface area contributed by atoms with Crippen molar-refractivity contribution in [1.29, 1.82) is 0 Å². The van der Waals surface area contributed by atoms with Crippen LogP contribution >= 0.6 is 15.9 Å². The molecule has 0 atom stereocenters. The quantitative estimate of drug-likeness (QED) is 0.881. The van der Waals surface area contributed by atoms with Gasteiger partial charge in [-0.1, -0.05) is 46.3 Å². The largest absolute Gasteiger partial charge is 0.488 e. The topological polar surface area (TPSA) is 38.3 Å². The molecule has 0 saturated carbocycles. The van der Waals surface area contributed by atoms with E-state index in [9.17, 15) is 4.79 Å². The number of halogens is 1. The summed E-state index contributed by atoms with van der Waals surface area (Å²) in [5.41, 5.74) is 1.60. The predicted octanol–water partition coefficient (Wildman–Crippen LogP) is 4.17. The Morgan fingerprint density at radius 3 is 2.57 bits per heavy atom. The number of hydrogen-bond donors (Lipinski definition) is 1. The van der Waals surface area contributed by atoms with Crippen molar-refractivity contribution in [3.8, 4) is 5.75 Å². The Morgan fingerprint density at radius 1 is 1.19 bits per heavy atom. The van der Waals surface area contributed by atoms with Crippen LogP contribution in [0.15, 0.2) is 53.0 Å². The molecule has 0 aliphatic heterocycles. The van der Waals surface area contributed by atoms with E-state index in [-0.39, 0.29) is 11.9 Å². The molecule has 2 rings (SSSR count). The lowest BCUT2D eigenvalue weighted by Crippen LogP contribution is -2.30. The van der Waals surface area contributed by atoms with Gasteiger partial charge in [-0.2, -0.15) is 0 Å². The van der Waals surface area contributed by atoms with Gasteiger partial charge >= 0.3 is 0 Å². The van der Waals surface area contributed by atoms with Gasteiger partial charge in [0.05, 0.1) is 5.56 Å². The summed E-state index contributed by atoms with van der Waals surface area (Å²) in [7, 11) is 0. The van der Waals surface area contributed by atoms with Gasteiger partial charge in [-0.15, -0.1) is 0 Å². The van der Waals surface area contributed by atoms with E-state index in [0.717, 1.165) is 10.0 Å². The van der Waals surface area contributed by atoms with E-state index >= 15 is 0 Å². The molecule has 0 aliphatic rings. The third kappa shape index (κ3) is 4.60. The van der Waals surface area contributed by atoms with Crippen LogP contribution in [0.5, 0.6) is 5.75 Å². The molecule has 0 saturated heterocycles. The van der Waals surface area contributed by atoms with E-state index in [4.69, 9.17) is 4.74 Å². The van der Waals surface area contributed by atoms with Crippen molar-refractivity contribution in [3.63, 3.8) is 0 Å². The van der Waals surface area contributed by atoms with E-state index in [1.165, 1.54) is 0 Å². The van der Waals surface area contributed by atoms with Crippen LogP contribution in [0, 0.1) is 0 Å². The summed E-state index contributed by atoms with van der Waals surface area (Å²) < 4.78 is 6.65. The highest BCUT2D eigenvalue weighted by Gasteiger charge is 2.14. The maximum absolute atomic E-state index is 12.2. The minimum Gasteiger partial charge on any atom is -0.488 e. The Labute approximate surface area is 133 Å². The number of rotatable bonds is 5. The molecule has 110 valence electrons. The lowest BCUT2D eigenvalue weighted by molar-refractivity contribution is 0.0938. The Balaban J connectivity index is 2.17.